The lowest BCUT2D eigenvalue weighted by Crippen LogP contribution is -2.41. The van der Waals surface area contributed by atoms with Crippen LogP contribution in [0.2, 0.25) is 0 Å². The molecule has 0 amide bonds. The minimum Gasteiger partial charge on any atom is -0.477 e. The van der Waals surface area contributed by atoms with Gasteiger partial charge in [-0.1, -0.05) is 22.7 Å². The summed E-state index contributed by atoms with van der Waals surface area (Å²) in [4.78, 5) is 33.7. The van der Waals surface area contributed by atoms with Crippen LogP contribution in [-0.4, -0.2) is 104 Å². The highest BCUT2D eigenvalue weighted by Crippen LogP contribution is 2.39. The maximum atomic E-state index is 13.2. The van der Waals surface area contributed by atoms with Crippen LogP contribution in [0, 0.1) is 13.8 Å². The number of hydrogen-bond acceptors (Lipinski definition) is 14. The van der Waals surface area contributed by atoms with Crippen LogP contribution in [0.15, 0.2) is 38.8 Å². The van der Waals surface area contributed by atoms with Crippen molar-refractivity contribution in [2.45, 2.75) is 104 Å². The van der Waals surface area contributed by atoms with E-state index in [1.165, 1.54) is 15.9 Å². The fourth-order valence-electron chi connectivity index (χ4n) is 5.28. The molecule has 1 aliphatic heterocycles. The quantitative estimate of drug-likeness (QED) is 0.103. The van der Waals surface area contributed by atoms with E-state index < -0.39 is 61.2 Å². The number of aromatic nitrogens is 10. The Labute approximate surface area is 371 Å². The molecule has 16 nitrogen and oxygen atoms in total. The van der Waals surface area contributed by atoms with Crippen LogP contribution in [0.4, 0.5) is 43.9 Å². The Bertz CT molecular complexity index is 2720. The van der Waals surface area contributed by atoms with Crippen LogP contribution >= 0.6 is 38.6 Å². The van der Waals surface area contributed by atoms with Crippen LogP contribution in [0.3, 0.4) is 0 Å². The summed E-state index contributed by atoms with van der Waals surface area (Å²) in [6.07, 6.45) is -7.20. The Morgan fingerprint density at radius 2 is 1.14 bits per heavy atom. The molecule has 0 atom stereocenters. The third kappa shape index (κ3) is 10.7. The molecule has 0 aliphatic carbocycles. The Hall–Kier alpha value is -4.68. The number of fused-ring (bicyclic) bond motifs is 2. The molecule has 0 unspecified atom stereocenters. The van der Waals surface area contributed by atoms with Crippen LogP contribution in [0.5, 0.6) is 11.8 Å². The lowest BCUT2D eigenvalue weighted by molar-refractivity contribution is -0.287. The third-order valence-corrected chi connectivity index (χ3v) is 11.4. The van der Waals surface area contributed by atoms with Crippen molar-refractivity contribution in [2.75, 3.05) is 13.2 Å². The highest BCUT2D eigenvalue weighted by Gasteiger charge is 2.59. The molecule has 1 saturated heterocycles. The van der Waals surface area contributed by atoms with E-state index in [4.69, 9.17) is 18.8 Å². The van der Waals surface area contributed by atoms with Crippen LogP contribution in [0.1, 0.15) is 51.6 Å². The summed E-state index contributed by atoms with van der Waals surface area (Å²) in [6, 6.07) is 0. The van der Waals surface area contributed by atoms with Gasteiger partial charge in [-0.15, -0.1) is 0 Å². The standard InChI is InChI=1S/C14H12F5N5O2S.C12H16BF5N2O2.C8H8BrN3O2S/c1-3-26-10-9(11(25)24-12(21-10)27-7(2)22-24)8-4-20-23(5-8)6-13(15,16)14(17,18)19;1-9(2)10(3,4)22-13(21-9)8-5-19-20(6-8)7-11(14,15)12(16,17)18;1-3-14-6-5(9)7(13)12-8(10-6)15-4(2)11-12/h4-5H,3,6H2,1-2H3;5-6H,7H2,1-4H3;3H2,1-2H3. The minimum atomic E-state index is -5.71. The normalized spacial score (nSPS) is 15.3. The molecule has 6 aromatic rings. The summed E-state index contributed by atoms with van der Waals surface area (Å²) in [6.45, 7) is 11.5. The van der Waals surface area contributed by atoms with Gasteiger partial charge in [-0.05, 0) is 71.3 Å². The number of rotatable bonds is 10. The zero-order valence-corrected chi connectivity index (χ0v) is 37.8. The second-order valence-electron chi connectivity index (χ2n) is 14.5. The van der Waals surface area contributed by atoms with E-state index in [1.807, 2.05) is 13.8 Å². The minimum absolute atomic E-state index is 0.00558. The number of hydrogen-bond donors (Lipinski definition) is 0. The number of halogens is 11. The second kappa shape index (κ2) is 18.3. The molecule has 64 heavy (non-hydrogen) atoms. The van der Waals surface area contributed by atoms with Gasteiger partial charge in [0, 0.05) is 29.6 Å². The summed E-state index contributed by atoms with van der Waals surface area (Å²) in [5.74, 6) is -9.58. The van der Waals surface area contributed by atoms with Gasteiger partial charge in [-0.2, -0.15) is 83.3 Å². The highest BCUT2D eigenvalue weighted by molar-refractivity contribution is 9.10. The molecule has 0 spiro atoms. The molecule has 1 fully saturated rings. The second-order valence-corrected chi connectivity index (χ2v) is 17.6. The largest absolute Gasteiger partial charge is 0.498 e. The van der Waals surface area contributed by atoms with Gasteiger partial charge in [-0.3, -0.25) is 19.0 Å². The molecule has 350 valence electrons. The Kier molecular flexibility index (Phi) is 14.4. The predicted octanol–water partition coefficient (Wildman–Crippen LogP) is 6.92. The van der Waals surface area contributed by atoms with Crippen molar-refractivity contribution in [3.05, 3.63) is 60.0 Å². The van der Waals surface area contributed by atoms with Crippen molar-refractivity contribution >= 4 is 61.1 Å². The lowest BCUT2D eigenvalue weighted by atomic mass is 9.82. The Morgan fingerprint density at radius 1 is 0.703 bits per heavy atom. The Balaban J connectivity index is 0.000000188. The van der Waals surface area contributed by atoms with E-state index in [9.17, 15) is 53.5 Å². The zero-order chi connectivity index (χ0) is 48.0. The fourth-order valence-corrected chi connectivity index (χ4v) is 7.10. The summed E-state index contributed by atoms with van der Waals surface area (Å²) >= 11 is 5.65. The maximum Gasteiger partial charge on any atom is 0.498 e. The van der Waals surface area contributed by atoms with Gasteiger partial charge in [0.2, 0.25) is 21.7 Å². The van der Waals surface area contributed by atoms with Gasteiger partial charge >= 0.3 is 31.3 Å². The monoisotopic (exact) mass is 1020 g/mol. The van der Waals surface area contributed by atoms with Gasteiger partial charge in [0.1, 0.15) is 33.1 Å². The fraction of sp³-hybridized carbons (Fsp3) is 0.529. The number of ether oxygens (including phenoxy) is 2. The topological polar surface area (TPSA) is 167 Å². The first-order valence-corrected chi connectivity index (χ1v) is 20.9. The van der Waals surface area contributed by atoms with E-state index in [1.54, 1.807) is 41.5 Å². The van der Waals surface area contributed by atoms with E-state index >= 15 is 0 Å². The third-order valence-electron chi connectivity index (χ3n) is 9.12. The SMILES string of the molecule is CC1(C)OB(c2cnn(CC(F)(F)C(F)(F)F)c2)OC1(C)C.CCOc1nc2sc(C)nn2c(=O)c1-c1cnn(CC(F)(F)C(F)(F)F)c1.CCOc1nc2sc(C)nn2c(=O)c1Br. The van der Waals surface area contributed by atoms with E-state index in [0.717, 1.165) is 45.6 Å². The van der Waals surface area contributed by atoms with E-state index in [0.29, 0.717) is 36.3 Å². The summed E-state index contributed by atoms with van der Waals surface area (Å²) in [5, 5.41) is 16.4. The first-order chi connectivity index (χ1) is 29.4. The Morgan fingerprint density at radius 3 is 1.62 bits per heavy atom. The van der Waals surface area contributed by atoms with Crippen molar-refractivity contribution in [2.24, 2.45) is 0 Å². The van der Waals surface area contributed by atoms with Gasteiger partial charge in [0.05, 0.1) is 30.6 Å². The van der Waals surface area contributed by atoms with E-state index in [2.05, 4.69) is 46.3 Å². The lowest BCUT2D eigenvalue weighted by Gasteiger charge is -2.32. The summed E-state index contributed by atoms with van der Waals surface area (Å²) in [5.41, 5.74) is -2.01. The van der Waals surface area contributed by atoms with Crippen molar-refractivity contribution in [1.29, 1.82) is 0 Å². The van der Waals surface area contributed by atoms with Gasteiger partial charge in [0.15, 0.2) is 0 Å². The van der Waals surface area contributed by atoms with Crippen LogP contribution < -0.4 is 26.1 Å². The predicted molar refractivity (Wildman–Crippen MR) is 215 cm³/mol. The first kappa shape index (κ1) is 50.3. The molecule has 30 heteroatoms. The van der Waals surface area contributed by atoms with Crippen molar-refractivity contribution < 1.29 is 62.7 Å². The average Bonchev–Trinajstić information content (AvgIpc) is 3.99. The molecular weight excluding hydrogens is 989 g/mol. The number of alkyl halides is 10. The molecule has 0 saturated carbocycles. The molecule has 1 aliphatic rings. The van der Waals surface area contributed by atoms with Gasteiger partial charge < -0.3 is 18.8 Å². The number of aryl methyl sites for hydroxylation is 2. The number of nitrogens with zero attached hydrogens (tertiary/aromatic N) is 10. The molecule has 0 N–H and O–H groups in total. The molecule has 0 radical (unpaired) electrons. The molecule has 0 aromatic carbocycles. The summed E-state index contributed by atoms with van der Waals surface area (Å²) in [7, 11) is -0.863. The van der Waals surface area contributed by atoms with E-state index in [-0.39, 0.29) is 39.6 Å². The highest BCUT2D eigenvalue weighted by atomic mass is 79.9. The van der Waals surface area contributed by atoms with Crippen LogP contribution in [0.25, 0.3) is 21.0 Å². The smallest absolute Gasteiger partial charge is 0.477 e. The van der Waals surface area contributed by atoms with Gasteiger partial charge in [-0.25, -0.2) is 0 Å². The van der Waals surface area contributed by atoms with Crippen molar-refractivity contribution in [3.8, 4) is 22.9 Å². The molecule has 6 aromatic heterocycles. The van der Waals surface area contributed by atoms with Gasteiger partial charge in [0.25, 0.3) is 11.1 Å². The molecule has 7 heterocycles. The molecular formula is C34H36BBrF10N10O6S2. The van der Waals surface area contributed by atoms with Crippen molar-refractivity contribution in [1.82, 2.24) is 48.8 Å². The first-order valence-electron chi connectivity index (χ1n) is 18.4. The van der Waals surface area contributed by atoms with Crippen LogP contribution in [-0.2, 0) is 22.4 Å². The maximum absolute atomic E-state index is 13.2. The molecule has 0 bridgehead atoms. The summed E-state index contributed by atoms with van der Waals surface area (Å²) < 4.78 is 152. The molecule has 7 rings (SSSR count). The average molecular weight is 1030 g/mol. The zero-order valence-electron chi connectivity index (χ0n) is 34.6. The van der Waals surface area contributed by atoms with Crippen molar-refractivity contribution in [3.63, 3.8) is 0 Å².